The number of nitrogens with one attached hydrogen (secondary N) is 2. The summed E-state index contributed by atoms with van der Waals surface area (Å²) in [6.45, 7) is 4.75. The van der Waals surface area contributed by atoms with Gasteiger partial charge in [-0.2, -0.15) is 0 Å². The summed E-state index contributed by atoms with van der Waals surface area (Å²) in [6.07, 6.45) is 1.89. The van der Waals surface area contributed by atoms with Gasteiger partial charge in [0.25, 0.3) is 0 Å². The molecule has 1 aliphatic carbocycles. The maximum Gasteiger partial charge on any atom is 0.245 e. The monoisotopic (exact) mass is 397 g/mol. The molecule has 0 spiro atoms. The van der Waals surface area contributed by atoms with Gasteiger partial charge in [0.05, 0.1) is 17.5 Å². The van der Waals surface area contributed by atoms with E-state index in [0.29, 0.717) is 11.4 Å². The summed E-state index contributed by atoms with van der Waals surface area (Å²) in [7, 11) is 0. The van der Waals surface area contributed by atoms with Crippen LogP contribution in [0.4, 0.5) is 11.4 Å². The predicted molar refractivity (Wildman–Crippen MR) is 105 cm³/mol. The number of carbonyl (C=O) groups excluding carboxylic acids is 2. The zero-order valence-corrected chi connectivity index (χ0v) is 16.5. The Labute approximate surface area is 163 Å². The third kappa shape index (κ3) is 2.72. The number of benzene rings is 1. The van der Waals surface area contributed by atoms with Crippen molar-refractivity contribution < 1.29 is 14.3 Å². The van der Waals surface area contributed by atoms with Crippen molar-refractivity contribution in [3.05, 3.63) is 18.2 Å². The highest BCUT2D eigenvalue weighted by Crippen LogP contribution is 2.57. The molecule has 0 bridgehead atoms. The molecule has 142 valence electrons. The number of ether oxygens (including phenoxy) is 1. The van der Waals surface area contributed by atoms with Crippen LogP contribution in [0.1, 0.15) is 26.7 Å². The van der Waals surface area contributed by atoms with E-state index in [2.05, 4.69) is 10.6 Å². The lowest BCUT2D eigenvalue weighted by Crippen LogP contribution is -2.81. The quantitative estimate of drug-likeness (QED) is 0.713. The Morgan fingerprint density at radius 2 is 2.19 bits per heavy atom. The number of thioether (sulfide) groups is 1. The Morgan fingerprint density at radius 1 is 1.42 bits per heavy atom. The van der Waals surface area contributed by atoms with Crippen LogP contribution < -0.4 is 16.4 Å². The SMILES string of the molecule is CC1(C)C2OCCCC2C1(N)C(=O)Nc1ccc2c(c1)NC(=O)CS2.Cl. The van der Waals surface area contributed by atoms with Gasteiger partial charge in [-0.3, -0.25) is 9.59 Å². The molecule has 6 nitrogen and oxygen atoms in total. The fourth-order valence-electron chi connectivity index (χ4n) is 4.43. The van der Waals surface area contributed by atoms with Gasteiger partial charge < -0.3 is 21.1 Å². The molecule has 2 fully saturated rings. The molecule has 1 aromatic rings. The summed E-state index contributed by atoms with van der Waals surface area (Å²) in [5.74, 6) is 0.253. The normalized spacial score (nSPS) is 31.4. The highest BCUT2D eigenvalue weighted by Gasteiger charge is 2.70. The molecule has 2 heterocycles. The third-order valence-electron chi connectivity index (χ3n) is 5.93. The number of nitrogens with two attached hydrogens (primary N) is 1. The number of amides is 2. The molecule has 3 unspecified atom stereocenters. The van der Waals surface area contributed by atoms with E-state index in [0.717, 1.165) is 30.0 Å². The maximum absolute atomic E-state index is 13.0. The van der Waals surface area contributed by atoms with Crippen LogP contribution in [-0.4, -0.2) is 35.8 Å². The fourth-order valence-corrected chi connectivity index (χ4v) is 5.22. The Balaban J connectivity index is 0.00000196. The predicted octanol–water partition coefficient (Wildman–Crippen LogP) is 2.62. The Morgan fingerprint density at radius 3 is 2.96 bits per heavy atom. The summed E-state index contributed by atoms with van der Waals surface area (Å²) >= 11 is 1.49. The second-order valence-electron chi connectivity index (χ2n) is 7.63. The van der Waals surface area contributed by atoms with Crippen molar-refractivity contribution in [1.82, 2.24) is 0 Å². The smallest absolute Gasteiger partial charge is 0.245 e. The number of hydrogen-bond acceptors (Lipinski definition) is 5. The van der Waals surface area contributed by atoms with Crippen molar-refractivity contribution in [2.24, 2.45) is 17.1 Å². The maximum atomic E-state index is 13.0. The third-order valence-corrected chi connectivity index (χ3v) is 7.00. The first-order chi connectivity index (χ1) is 11.8. The zero-order valence-electron chi connectivity index (χ0n) is 14.8. The van der Waals surface area contributed by atoms with E-state index in [1.165, 1.54) is 11.8 Å². The summed E-state index contributed by atoms with van der Waals surface area (Å²) in [5.41, 5.74) is 6.63. The Hall–Kier alpha value is -1.28. The molecular formula is C18H24ClN3O3S. The first-order valence-corrected chi connectivity index (χ1v) is 9.61. The molecule has 2 amide bonds. The summed E-state index contributed by atoms with van der Waals surface area (Å²) in [5, 5.41) is 5.80. The zero-order chi connectivity index (χ0) is 17.8. The molecule has 4 rings (SSSR count). The Kier molecular flexibility index (Phi) is 5.03. The number of fused-ring (bicyclic) bond motifs is 2. The van der Waals surface area contributed by atoms with E-state index < -0.39 is 11.0 Å². The molecule has 26 heavy (non-hydrogen) atoms. The molecule has 3 atom stereocenters. The van der Waals surface area contributed by atoms with Crippen LogP contribution >= 0.6 is 24.2 Å². The molecule has 0 aromatic heterocycles. The van der Waals surface area contributed by atoms with Crippen molar-refractivity contribution in [2.45, 2.75) is 43.2 Å². The van der Waals surface area contributed by atoms with E-state index >= 15 is 0 Å². The van der Waals surface area contributed by atoms with E-state index in [-0.39, 0.29) is 36.2 Å². The van der Waals surface area contributed by atoms with Gasteiger partial charge in [0.15, 0.2) is 0 Å². The number of halogens is 1. The molecule has 1 saturated carbocycles. The van der Waals surface area contributed by atoms with Gasteiger partial charge in [-0.1, -0.05) is 13.8 Å². The van der Waals surface area contributed by atoms with Gasteiger partial charge >= 0.3 is 0 Å². The average molecular weight is 398 g/mol. The molecule has 3 aliphatic rings. The number of hydrogen-bond donors (Lipinski definition) is 3. The summed E-state index contributed by atoms with van der Waals surface area (Å²) in [4.78, 5) is 25.6. The topological polar surface area (TPSA) is 93.4 Å². The number of rotatable bonds is 2. The molecule has 0 radical (unpaired) electrons. The van der Waals surface area contributed by atoms with Crippen LogP contribution in [0.2, 0.25) is 0 Å². The van der Waals surface area contributed by atoms with E-state index in [1.807, 2.05) is 26.0 Å². The molecule has 4 N–H and O–H groups in total. The van der Waals surface area contributed by atoms with Gasteiger partial charge in [0.1, 0.15) is 5.54 Å². The van der Waals surface area contributed by atoms with Crippen molar-refractivity contribution in [2.75, 3.05) is 23.0 Å². The molecular weight excluding hydrogens is 374 g/mol. The first-order valence-electron chi connectivity index (χ1n) is 8.62. The van der Waals surface area contributed by atoms with Crippen molar-refractivity contribution in [3.63, 3.8) is 0 Å². The molecule has 2 aliphatic heterocycles. The van der Waals surface area contributed by atoms with Gasteiger partial charge in [0, 0.05) is 28.5 Å². The largest absolute Gasteiger partial charge is 0.377 e. The lowest BCUT2D eigenvalue weighted by atomic mass is 9.46. The lowest BCUT2D eigenvalue weighted by Gasteiger charge is -2.65. The second kappa shape index (κ2) is 6.71. The lowest BCUT2D eigenvalue weighted by molar-refractivity contribution is -0.222. The van der Waals surface area contributed by atoms with Crippen LogP contribution in [0.15, 0.2) is 23.1 Å². The van der Waals surface area contributed by atoms with Crippen LogP contribution in [0.3, 0.4) is 0 Å². The van der Waals surface area contributed by atoms with Gasteiger partial charge in [-0.25, -0.2) is 0 Å². The highest BCUT2D eigenvalue weighted by atomic mass is 35.5. The molecule has 1 aromatic carbocycles. The van der Waals surface area contributed by atoms with Crippen LogP contribution in [0.25, 0.3) is 0 Å². The van der Waals surface area contributed by atoms with Crippen LogP contribution in [0, 0.1) is 11.3 Å². The minimum Gasteiger partial charge on any atom is -0.377 e. The number of anilines is 2. The van der Waals surface area contributed by atoms with Crippen molar-refractivity contribution in [3.8, 4) is 0 Å². The summed E-state index contributed by atoms with van der Waals surface area (Å²) < 4.78 is 5.86. The van der Waals surface area contributed by atoms with Crippen LogP contribution in [-0.2, 0) is 14.3 Å². The van der Waals surface area contributed by atoms with Crippen molar-refractivity contribution >= 4 is 47.4 Å². The Bertz CT molecular complexity index is 757. The second-order valence-corrected chi connectivity index (χ2v) is 8.65. The average Bonchev–Trinajstić information content (AvgIpc) is 2.60. The van der Waals surface area contributed by atoms with E-state index in [1.54, 1.807) is 6.07 Å². The highest BCUT2D eigenvalue weighted by molar-refractivity contribution is 8.00. The van der Waals surface area contributed by atoms with E-state index in [4.69, 9.17) is 10.5 Å². The first kappa shape index (κ1) is 19.5. The molecule has 1 saturated heterocycles. The minimum absolute atomic E-state index is 0. The molecule has 8 heteroatoms. The van der Waals surface area contributed by atoms with E-state index in [9.17, 15) is 9.59 Å². The number of carbonyl (C=O) groups is 2. The van der Waals surface area contributed by atoms with Crippen molar-refractivity contribution in [1.29, 1.82) is 0 Å². The minimum atomic E-state index is -0.952. The van der Waals surface area contributed by atoms with Gasteiger partial charge in [-0.15, -0.1) is 24.2 Å². The summed E-state index contributed by atoms with van der Waals surface area (Å²) in [6, 6.07) is 5.56. The van der Waals surface area contributed by atoms with Crippen LogP contribution in [0.5, 0.6) is 0 Å². The van der Waals surface area contributed by atoms with Gasteiger partial charge in [-0.05, 0) is 31.0 Å². The van der Waals surface area contributed by atoms with Gasteiger partial charge in [0.2, 0.25) is 11.8 Å². The fraction of sp³-hybridized carbons (Fsp3) is 0.556. The standard InChI is InChI=1S/C18H23N3O3S.ClH/c1-17(2)15-11(4-3-7-24-15)18(17,19)16(23)20-10-5-6-13-12(8-10)21-14(22)9-25-13;/h5-6,8,11,15H,3-4,7,9,19H2,1-2H3,(H,20,23)(H,21,22);1H.